The summed E-state index contributed by atoms with van der Waals surface area (Å²) >= 11 is 13.7. The Morgan fingerprint density at radius 2 is 2.12 bits per heavy atom. The maximum absolute atomic E-state index is 6.14. The predicted molar refractivity (Wildman–Crippen MR) is 74.5 cm³/mol. The third-order valence-electron chi connectivity index (χ3n) is 2.53. The Kier molecular flexibility index (Phi) is 4.42. The zero-order valence-corrected chi connectivity index (χ0v) is 11.3. The molecular weight excluding hydrogens is 275 g/mol. The molecule has 1 heterocycles. The van der Waals surface area contributed by atoms with Gasteiger partial charge in [-0.2, -0.15) is 0 Å². The molecule has 17 heavy (non-hydrogen) atoms. The number of nitrogens with two attached hydrogens (primary N) is 1. The lowest BCUT2D eigenvalue weighted by molar-refractivity contribution is 0.561. The number of hydrogen-bond donors (Lipinski definition) is 2. The Balaban J connectivity index is 2.19. The minimum atomic E-state index is 0.0775. The SMILES string of the molecule is NNC(Cc1ccc(Cl)cc1Cl)c1cccs1. The molecule has 0 saturated carbocycles. The Morgan fingerprint density at radius 3 is 2.71 bits per heavy atom. The first-order valence-electron chi connectivity index (χ1n) is 5.14. The molecule has 1 unspecified atom stereocenters. The van der Waals surface area contributed by atoms with E-state index in [2.05, 4.69) is 11.5 Å². The predicted octanol–water partition coefficient (Wildman–Crippen LogP) is 3.80. The van der Waals surface area contributed by atoms with Crippen LogP contribution in [0.2, 0.25) is 10.0 Å². The van der Waals surface area contributed by atoms with Crippen LogP contribution in [0, 0.1) is 0 Å². The van der Waals surface area contributed by atoms with E-state index in [0.29, 0.717) is 10.0 Å². The Labute approximate surface area is 114 Å². The Bertz CT molecular complexity index is 485. The molecule has 0 spiro atoms. The summed E-state index contributed by atoms with van der Waals surface area (Å²) in [5.74, 6) is 5.58. The number of rotatable bonds is 4. The van der Waals surface area contributed by atoms with Gasteiger partial charge in [0, 0.05) is 14.9 Å². The molecule has 1 aromatic heterocycles. The van der Waals surface area contributed by atoms with Gasteiger partial charge in [-0.1, -0.05) is 35.3 Å². The first-order chi connectivity index (χ1) is 8.20. The summed E-state index contributed by atoms with van der Waals surface area (Å²) in [4.78, 5) is 1.19. The van der Waals surface area contributed by atoms with E-state index in [4.69, 9.17) is 29.0 Å². The van der Waals surface area contributed by atoms with Crippen LogP contribution in [0.1, 0.15) is 16.5 Å². The van der Waals surface area contributed by atoms with Crippen molar-refractivity contribution in [1.29, 1.82) is 0 Å². The van der Waals surface area contributed by atoms with Crippen LogP contribution in [0.5, 0.6) is 0 Å². The molecule has 1 aromatic carbocycles. The number of nitrogens with one attached hydrogen (secondary N) is 1. The summed E-state index contributed by atoms with van der Waals surface area (Å²) in [5, 5.41) is 3.35. The minimum absolute atomic E-state index is 0.0775. The van der Waals surface area contributed by atoms with Gasteiger partial charge in [-0.15, -0.1) is 11.3 Å². The summed E-state index contributed by atoms with van der Waals surface area (Å²) in [6, 6.07) is 9.66. The van der Waals surface area contributed by atoms with Gasteiger partial charge in [0.05, 0.1) is 6.04 Å². The maximum Gasteiger partial charge on any atom is 0.0594 e. The summed E-state index contributed by atoms with van der Waals surface area (Å²) < 4.78 is 0. The van der Waals surface area contributed by atoms with Gasteiger partial charge in [0.15, 0.2) is 0 Å². The normalized spacial score (nSPS) is 12.6. The van der Waals surface area contributed by atoms with E-state index in [-0.39, 0.29) is 6.04 Å². The summed E-state index contributed by atoms with van der Waals surface area (Å²) in [6.07, 6.45) is 0.743. The second-order valence-corrected chi connectivity index (χ2v) is 5.50. The van der Waals surface area contributed by atoms with E-state index >= 15 is 0 Å². The average molecular weight is 287 g/mol. The lowest BCUT2D eigenvalue weighted by atomic mass is 10.1. The van der Waals surface area contributed by atoms with Crippen LogP contribution < -0.4 is 11.3 Å². The highest BCUT2D eigenvalue weighted by Gasteiger charge is 2.13. The molecule has 2 rings (SSSR count). The molecule has 0 bridgehead atoms. The van der Waals surface area contributed by atoms with Gasteiger partial charge in [0.25, 0.3) is 0 Å². The van der Waals surface area contributed by atoms with Gasteiger partial charge in [-0.3, -0.25) is 11.3 Å². The van der Waals surface area contributed by atoms with Crippen LogP contribution in [0.15, 0.2) is 35.7 Å². The third kappa shape index (κ3) is 3.21. The average Bonchev–Trinajstić information content (AvgIpc) is 2.81. The van der Waals surface area contributed by atoms with Crippen molar-refractivity contribution >= 4 is 34.5 Å². The van der Waals surface area contributed by atoms with Gasteiger partial charge in [-0.25, -0.2) is 0 Å². The van der Waals surface area contributed by atoms with E-state index < -0.39 is 0 Å². The summed E-state index contributed by atoms with van der Waals surface area (Å²) in [5.41, 5.74) is 3.85. The van der Waals surface area contributed by atoms with E-state index in [1.165, 1.54) is 4.88 Å². The van der Waals surface area contributed by atoms with Crippen LogP contribution >= 0.6 is 34.5 Å². The van der Waals surface area contributed by atoms with Crippen LogP contribution in [0.25, 0.3) is 0 Å². The maximum atomic E-state index is 6.14. The number of thiophene rings is 1. The van der Waals surface area contributed by atoms with Crippen molar-refractivity contribution in [1.82, 2.24) is 5.43 Å². The zero-order valence-electron chi connectivity index (χ0n) is 8.99. The summed E-state index contributed by atoms with van der Waals surface area (Å²) in [7, 11) is 0. The number of halogens is 2. The quantitative estimate of drug-likeness (QED) is 0.663. The zero-order chi connectivity index (χ0) is 12.3. The second-order valence-electron chi connectivity index (χ2n) is 3.67. The molecule has 0 saturated heterocycles. The first kappa shape index (κ1) is 12.9. The molecule has 90 valence electrons. The Morgan fingerprint density at radius 1 is 1.29 bits per heavy atom. The molecule has 5 heteroatoms. The van der Waals surface area contributed by atoms with Crippen molar-refractivity contribution in [3.05, 3.63) is 56.2 Å². The van der Waals surface area contributed by atoms with Gasteiger partial charge in [0.1, 0.15) is 0 Å². The van der Waals surface area contributed by atoms with E-state index in [0.717, 1.165) is 12.0 Å². The highest BCUT2D eigenvalue weighted by molar-refractivity contribution is 7.10. The molecular formula is C12H12Cl2N2S. The van der Waals surface area contributed by atoms with Crippen molar-refractivity contribution in [2.75, 3.05) is 0 Å². The molecule has 1 atom stereocenters. The van der Waals surface area contributed by atoms with Crippen molar-refractivity contribution < 1.29 is 0 Å². The fraction of sp³-hybridized carbons (Fsp3) is 0.167. The molecule has 0 amide bonds. The smallest absolute Gasteiger partial charge is 0.0594 e. The fourth-order valence-electron chi connectivity index (χ4n) is 1.64. The first-order valence-corrected chi connectivity index (χ1v) is 6.77. The second kappa shape index (κ2) is 5.85. The molecule has 2 aromatic rings. The monoisotopic (exact) mass is 286 g/mol. The lowest BCUT2D eigenvalue weighted by Crippen LogP contribution is -2.29. The van der Waals surface area contributed by atoms with Crippen LogP contribution in [-0.4, -0.2) is 0 Å². The highest BCUT2D eigenvalue weighted by Crippen LogP contribution is 2.27. The molecule has 3 N–H and O–H groups in total. The Hall–Kier alpha value is -0.580. The van der Waals surface area contributed by atoms with Gasteiger partial charge < -0.3 is 0 Å². The fourth-order valence-corrected chi connectivity index (χ4v) is 2.91. The van der Waals surface area contributed by atoms with E-state index in [1.807, 2.05) is 23.6 Å². The minimum Gasteiger partial charge on any atom is -0.271 e. The summed E-state index contributed by atoms with van der Waals surface area (Å²) in [6.45, 7) is 0. The molecule has 0 aliphatic heterocycles. The molecule has 0 radical (unpaired) electrons. The lowest BCUT2D eigenvalue weighted by Gasteiger charge is -2.15. The van der Waals surface area contributed by atoms with E-state index in [9.17, 15) is 0 Å². The van der Waals surface area contributed by atoms with Crippen LogP contribution in [0.4, 0.5) is 0 Å². The largest absolute Gasteiger partial charge is 0.271 e. The molecule has 0 aliphatic rings. The molecule has 2 nitrogen and oxygen atoms in total. The standard InChI is InChI=1S/C12H12Cl2N2S/c13-9-4-3-8(10(14)7-9)6-11(16-15)12-2-1-5-17-12/h1-5,7,11,16H,6,15H2. The van der Waals surface area contributed by atoms with Crippen LogP contribution in [-0.2, 0) is 6.42 Å². The number of hydrogen-bond acceptors (Lipinski definition) is 3. The topological polar surface area (TPSA) is 38.0 Å². The number of hydrazine groups is 1. The van der Waals surface area contributed by atoms with Gasteiger partial charge in [0.2, 0.25) is 0 Å². The van der Waals surface area contributed by atoms with Gasteiger partial charge >= 0.3 is 0 Å². The molecule has 0 aliphatic carbocycles. The van der Waals surface area contributed by atoms with Gasteiger partial charge in [-0.05, 0) is 35.6 Å². The van der Waals surface area contributed by atoms with E-state index in [1.54, 1.807) is 17.4 Å². The highest BCUT2D eigenvalue weighted by atomic mass is 35.5. The number of benzene rings is 1. The van der Waals surface area contributed by atoms with Crippen molar-refractivity contribution in [3.63, 3.8) is 0 Å². The van der Waals surface area contributed by atoms with Crippen LogP contribution in [0.3, 0.4) is 0 Å². The van der Waals surface area contributed by atoms with Crippen molar-refractivity contribution in [2.45, 2.75) is 12.5 Å². The molecule has 0 fully saturated rings. The third-order valence-corrected chi connectivity index (χ3v) is 4.10. The van der Waals surface area contributed by atoms with Crippen molar-refractivity contribution in [3.8, 4) is 0 Å². The van der Waals surface area contributed by atoms with Crippen molar-refractivity contribution in [2.24, 2.45) is 5.84 Å².